The molecule has 10 heteroatoms. The summed E-state index contributed by atoms with van der Waals surface area (Å²) in [6.45, 7) is 4.09. The maximum atomic E-state index is 12.5. The second kappa shape index (κ2) is 9.84. The Labute approximate surface area is 169 Å². The van der Waals surface area contributed by atoms with Crippen LogP contribution in [-0.4, -0.2) is 38.0 Å². The number of hydrogen-bond acceptors (Lipinski definition) is 5. The number of ether oxygens (including phenoxy) is 1. The molecule has 3 aromatic rings. The van der Waals surface area contributed by atoms with Crippen molar-refractivity contribution in [3.05, 3.63) is 47.8 Å². The number of rotatable bonds is 5. The number of benzene rings is 1. The molecule has 0 spiro atoms. The van der Waals surface area contributed by atoms with Gasteiger partial charge in [-0.1, -0.05) is 26.0 Å². The number of imidazole rings is 1. The van der Waals surface area contributed by atoms with Gasteiger partial charge in [0.1, 0.15) is 5.75 Å². The van der Waals surface area contributed by atoms with Crippen LogP contribution in [-0.2, 0) is 16.6 Å². The number of nitrogens with one attached hydrogen (secondary N) is 1. The van der Waals surface area contributed by atoms with E-state index in [1.165, 1.54) is 12.3 Å². The van der Waals surface area contributed by atoms with E-state index in [1.807, 2.05) is 32.0 Å². The number of alkyl halides is 3. The second-order valence-corrected chi connectivity index (χ2v) is 7.94. The number of halogens is 3. The molecule has 0 saturated carbocycles. The second-order valence-electron chi connectivity index (χ2n) is 6.58. The van der Waals surface area contributed by atoms with Gasteiger partial charge in [-0.3, -0.25) is 9.19 Å². The number of aromatic nitrogens is 3. The number of nitrogens with zero attached hydrogens (tertiary/aromatic N) is 2. The third-order valence-electron chi connectivity index (χ3n) is 3.50. The molecule has 2 heterocycles. The molecule has 0 bridgehead atoms. The smallest absolute Gasteiger partial charge is 0.422 e. The van der Waals surface area contributed by atoms with Gasteiger partial charge in [-0.25, -0.2) is 4.98 Å². The number of H-pyrrole nitrogens is 1. The van der Waals surface area contributed by atoms with Crippen LogP contribution in [0.1, 0.15) is 25.1 Å². The minimum atomic E-state index is -4.42. The fourth-order valence-electron chi connectivity index (χ4n) is 2.25. The Morgan fingerprint density at radius 3 is 2.52 bits per heavy atom. The van der Waals surface area contributed by atoms with Crippen molar-refractivity contribution >= 4 is 21.8 Å². The van der Waals surface area contributed by atoms with Gasteiger partial charge in [-0.15, -0.1) is 0 Å². The first-order valence-corrected chi connectivity index (χ1v) is 10.1. The predicted octanol–water partition coefficient (Wildman–Crippen LogP) is 3.87. The normalized spacial score (nSPS) is 12.6. The van der Waals surface area contributed by atoms with Gasteiger partial charge < -0.3 is 15.5 Å². The third-order valence-corrected chi connectivity index (χ3v) is 4.66. The van der Waals surface area contributed by atoms with Gasteiger partial charge in [-0.05, 0) is 31.2 Å². The lowest BCUT2D eigenvalue weighted by molar-refractivity contribution is -0.153. The van der Waals surface area contributed by atoms with Crippen LogP contribution >= 0.6 is 0 Å². The van der Waals surface area contributed by atoms with Gasteiger partial charge in [-0.2, -0.15) is 13.2 Å². The first-order chi connectivity index (χ1) is 13.6. The number of fused-ring (bicyclic) bond motifs is 1. The molecule has 3 N–H and O–H groups in total. The lowest BCUT2D eigenvalue weighted by Crippen LogP contribution is -2.19. The van der Waals surface area contributed by atoms with Crippen LogP contribution in [0.2, 0.25) is 0 Å². The standard InChI is InChI=1S/C16H14F3N3O2S.C3H9N/c1-10-13(20-7-6-14(10)24-9-16(17,18)19)8-25(23)15-21-11-4-2-3-5-12(11)22-15;1-3(2)4/h2-7H,8-9H2,1H3,(H,21,22);3H,4H2,1-2H3. The molecule has 29 heavy (non-hydrogen) atoms. The van der Waals surface area contributed by atoms with E-state index < -0.39 is 23.6 Å². The number of nitrogens with two attached hydrogens (primary N) is 1. The van der Waals surface area contributed by atoms with Crippen LogP contribution in [0.4, 0.5) is 13.2 Å². The van der Waals surface area contributed by atoms with Crippen molar-refractivity contribution in [2.24, 2.45) is 5.73 Å². The molecular formula is C19H23F3N4O2S. The average Bonchev–Trinajstić information content (AvgIpc) is 3.05. The van der Waals surface area contributed by atoms with Crippen LogP contribution < -0.4 is 10.5 Å². The molecule has 0 aliphatic heterocycles. The van der Waals surface area contributed by atoms with Gasteiger partial charge in [0, 0.05) is 11.8 Å². The average molecular weight is 428 g/mol. The first kappa shape index (κ1) is 22.8. The zero-order valence-corrected chi connectivity index (χ0v) is 17.1. The molecule has 0 amide bonds. The molecule has 1 aromatic carbocycles. The summed E-state index contributed by atoms with van der Waals surface area (Å²) < 4.78 is 54.2. The fraction of sp³-hybridized carbons (Fsp3) is 0.368. The van der Waals surface area contributed by atoms with E-state index in [2.05, 4.69) is 15.0 Å². The molecule has 0 aliphatic carbocycles. The quantitative estimate of drug-likeness (QED) is 0.643. The lowest BCUT2D eigenvalue weighted by Gasteiger charge is -2.13. The molecule has 1 unspecified atom stereocenters. The highest BCUT2D eigenvalue weighted by atomic mass is 32.2. The highest BCUT2D eigenvalue weighted by Gasteiger charge is 2.29. The number of aromatic amines is 1. The summed E-state index contributed by atoms with van der Waals surface area (Å²) in [4.78, 5) is 11.3. The summed E-state index contributed by atoms with van der Waals surface area (Å²) in [5, 5.41) is 0.295. The van der Waals surface area contributed by atoms with Crippen LogP contribution in [0.5, 0.6) is 5.75 Å². The van der Waals surface area contributed by atoms with Crippen molar-refractivity contribution in [2.45, 2.75) is 43.9 Å². The molecule has 0 saturated heterocycles. The van der Waals surface area contributed by atoms with Crippen molar-refractivity contribution in [3.63, 3.8) is 0 Å². The maximum absolute atomic E-state index is 12.5. The number of pyridine rings is 1. The van der Waals surface area contributed by atoms with Gasteiger partial charge in [0.2, 0.25) is 0 Å². The molecule has 1 atom stereocenters. The van der Waals surface area contributed by atoms with E-state index in [0.717, 1.165) is 5.52 Å². The van der Waals surface area contributed by atoms with Crippen LogP contribution in [0.25, 0.3) is 11.0 Å². The highest BCUT2D eigenvalue weighted by Crippen LogP contribution is 2.24. The highest BCUT2D eigenvalue weighted by molar-refractivity contribution is 7.84. The van der Waals surface area contributed by atoms with Gasteiger partial charge in [0.25, 0.3) is 0 Å². The number of para-hydroxylation sites is 2. The van der Waals surface area contributed by atoms with Crippen molar-refractivity contribution in [3.8, 4) is 5.75 Å². The van der Waals surface area contributed by atoms with Crippen molar-refractivity contribution in [2.75, 3.05) is 6.61 Å². The third kappa shape index (κ3) is 7.13. The number of hydrogen-bond donors (Lipinski definition) is 2. The fourth-order valence-corrected chi connectivity index (χ4v) is 3.35. The van der Waals surface area contributed by atoms with Crippen molar-refractivity contribution in [1.29, 1.82) is 0 Å². The van der Waals surface area contributed by atoms with E-state index in [9.17, 15) is 17.4 Å². The van der Waals surface area contributed by atoms with Crippen LogP contribution in [0, 0.1) is 6.92 Å². The minimum absolute atomic E-state index is 0.0227. The summed E-state index contributed by atoms with van der Waals surface area (Å²) >= 11 is 0. The van der Waals surface area contributed by atoms with E-state index >= 15 is 0 Å². The van der Waals surface area contributed by atoms with E-state index in [-0.39, 0.29) is 11.5 Å². The van der Waals surface area contributed by atoms with Crippen LogP contribution in [0.15, 0.2) is 41.7 Å². The van der Waals surface area contributed by atoms with Gasteiger partial charge in [0.05, 0.1) is 33.3 Å². The molecular weight excluding hydrogens is 405 g/mol. The molecule has 6 nitrogen and oxygen atoms in total. The first-order valence-electron chi connectivity index (χ1n) is 8.79. The molecule has 0 fully saturated rings. The van der Waals surface area contributed by atoms with E-state index in [0.29, 0.717) is 28.0 Å². The summed E-state index contributed by atoms with van der Waals surface area (Å²) in [5.41, 5.74) is 7.39. The monoisotopic (exact) mass is 428 g/mol. The van der Waals surface area contributed by atoms with Crippen molar-refractivity contribution in [1.82, 2.24) is 15.0 Å². The zero-order valence-electron chi connectivity index (χ0n) is 16.3. The largest absolute Gasteiger partial charge is 0.484 e. The zero-order chi connectivity index (χ0) is 21.6. The summed E-state index contributed by atoms with van der Waals surface area (Å²) in [6.07, 6.45) is -3.09. The SMILES string of the molecule is CC(C)N.Cc1c(OCC(F)(F)F)ccnc1CS(=O)c1nc2ccccc2[nH]1. The summed E-state index contributed by atoms with van der Waals surface area (Å²) in [5.74, 6) is 0.0958. The molecule has 0 aliphatic rings. The van der Waals surface area contributed by atoms with Gasteiger partial charge in [0.15, 0.2) is 11.8 Å². The Hall–Kier alpha value is -2.46. The van der Waals surface area contributed by atoms with Crippen molar-refractivity contribution < 1.29 is 22.1 Å². The minimum Gasteiger partial charge on any atom is -0.484 e. The Bertz CT molecular complexity index is 938. The molecule has 158 valence electrons. The Kier molecular flexibility index (Phi) is 7.74. The summed E-state index contributed by atoms with van der Waals surface area (Å²) in [6, 6.07) is 8.96. The predicted molar refractivity (Wildman–Crippen MR) is 106 cm³/mol. The van der Waals surface area contributed by atoms with E-state index in [4.69, 9.17) is 10.5 Å². The van der Waals surface area contributed by atoms with E-state index in [1.54, 1.807) is 13.0 Å². The maximum Gasteiger partial charge on any atom is 0.422 e. The Balaban J connectivity index is 0.000000687. The molecule has 3 rings (SSSR count). The summed E-state index contributed by atoms with van der Waals surface area (Å²) in [7, 11) is -1.51. The Morgan fingerprint density at radius 2 is 1.90 bits per heavy atom. The molecule has 0 radical (unpaired) electrons. The Morgan fingerprint density at radius 1 is 1.24 bits per heavy atom. The van der Waals surface area contributed by atoms with Gasteiger partial charge >= 0.3 is 6.18 Å². The lowest BCUT2D eigenvalue weighted by atomic mass is 10.2. The molecule has 2 aromatic heterocycles. The topological polar surface area (TPSA) is 93.9 Å². The van der Waals surface area contributed by atoms with Crippen LogP contribution in [0.3, 0.4) is 0 Å².